The van der Waals surface area contributed by atoms with Gasteiger partial charge in [-0.15, -0.1) is 5.10 Å². The van der Waals surface area contributed by atoms with Gasteiger partial charge >= 0.3 is 0 Å². The lowest BCUT2D eigenvalue weighted by molar-refractivity contribution is 0.272. The summed E-state index contributed by atoms with van der Waals surface area (Å²) in [5, 5.41) is 8.27. The van der Waals surface area contributed by atoms with Crippen LogP contribution >= 0.6 is 0 Å². The highest BCUT2D eigenvalue weighted by Gasteiger charge is 2.13. The van der Waals surface area contributed by atoms with E-state index in [1.54, 1.807) is 7.11 Å². The molecule has 1 aromatic carbocycles. The molecule has 0 spiro atoms. The highest BCUT2D eigenvalue weighted by Crippen LogP contribution is 2.26. The number of aromatic nitrogens is 3. The monoisotopic (exact) mass is 290 g/mol. The van der Waals surface area contributed by atoms with Gasteiger partial charge in [0.15, 0.2) is 11.5 Å². The maximum absolute atomic E-state index is 5.85. The SMILES string of the molecule is CCCCn1nnc(CN)c1COc1ccccc1OC. The third-order valence-electron chi connectivity index (χ3n) is 3.27. The first-order chi connectivity index (χ1) is 10.3. The van der Waals surface area contributed by atoms with Gasteiger partial charge in [-0.05, 0) is 18.6 Å². The van der Waals surface area contributed by atoms with Crippen LogP contribution in [0.15, 0.2) is 24.3 Å². The summed E-state index contributed by atoms with van der Waals surface area (Å²) < 4.78 is 13.0. The van der Waals surface area contributed by atoms with E-state index in [0.717, 1.165) is 30.8 Å². The standard InChI is InChI=1S/C15H22N4O2/c1-3-4-9-19-13(12(10-16)17-18-19)11-21-15-8-6-5-7-14(15)20-2/h5-8H,3-4,9-11,16H2,1-2H3. The van der Waals surface area contributed by atoms with Gasteiger partial charge < -0.3 is 15.2 Å². The van der Waals surface area contributed by atoms with Crippen molar-refractivity contribution >= 4 is 0 Å². The normalized spacial score (nSPS) is 10.6. The third-order valence-corrected chi connectivity index (χ3v) is 3.27. The quantitative estimate of drug-likeness (QED) is 0.806. The number of rotatable bonds is 8. The molecule has 0 fully saturated rings. The minimum atomic E-state index is 0.358. The Morgan fingerprint density at radius 2 is 2.00 bits per heavy atom. The maximum atomic E-state index is 5.85. The van der Waals surface area contributed by atoms with Crippen LogP contribution in [0.4, 0.5) is 0 Å². The lowest BCUT2D eigenvalue weighted by Crippen LogP contribution is -2.11. The van der Waals surface area contributed by atoms with Crippen molar-refractivity contribution in [3.63, 3.8) is 0 Å². The lowest BCUT2D eigenvalue weighted by Gasteiger charge is -2.12. The van der Waals surface area contributed by atoms with E-state index in [0.29, 0.717) is 24.7 Å². The zero-order valence-corrected chi connectivity index (χ0v) is 12.6. The van der Waals surface area contributed by atoms with Crippen molar-refractivity contribution in [2.45, 2.75) is 39.5 Å². The van der Waals surface area contributed by atoms with Crippen LogP contribution in [0.3, 0.4) is 0 Å². The molecular formula is C15H22N4O2. The summed E-state index contributed by atoms with van der Waals surface area (Å²) >= 11 is 0. The lowest BCUT2D eigenvalue weighted by atomic mass is 10.3. The summed E-state index contributed by atoms with van der Waals surface area (Å²) in [7, 11) is 1.63. The van der Waals surface area contributed by atoms with Crippen molar-refractivity contribution in [2.24, 2.45) is 5.73 Å². The van der Waals surface area contributed by atoms with Crippen LogP contribution in [0, 0.1) is 0 Å². The number of para-hydroxylation sites is 2. The molecule has 2 aromatic rings. The van der Waals surface area contributed by atoms with Gasteiger partial charge in [0.1, 0.15) is 18.0 Å². The molecule has 0 amide bonds. The fraction of sp³-hybridized carbons (Fsp3) is 0.467. The van der Waals surface area contributed by atoms with E-state index in [2.05, 4.69) is 17.2 Å². The molecule has 0 saturated carbocycles. The molecule has 6 nitrogen and oxygen atoms in total. The van der Waals surface area contributed by atoms with Gasteiger partial charge in [0.25, 0.3) is 0 Å². The number of nitrogens with zero attached hydrogens (tertiary/aromatic N) is 3. The number of ether oxygens (including phenoxy) is 2. The highest BCUT2D eigenvalue weighted by molar-refractivity contribution is 5.39. The molecule has 0 radical (unpaired) electrons. The van der Waals surface area contributed by atoms with Crippen molar-refractivity contribution < 1.29 is 9.47 Å². The zero-order chi connectivity index (χ0) is 15.1. The van der Waals surface area contributed by atoms with Crippen molar-refractivity contribution in [3.05, 3.63) is 35.7 Å². The van der Waals surface area contributed by atoms with E-state index >= 15 is 0 Å². The van der Waals surface area contributed by atoms with Crippen LogP contribution in [0.5, 0.6) is 11.5 Å². The zero-order valence-electron chi connectivity index (χ0n) is 12.6. The van der Waals surface area contributed by atoms with Crippen molar-refractivity contribution in [1.29, 1.82) is 0 Å². The van der Waals surface area contributed by atoms with Gasteiger partial charge in [-0.3, -0.25) is 0 Å². The van der Waals surface area contributed by atoms with Crippen LogP contribution in [-0.2, 0) is 19.7 Å². The largest absolute Gasteiger partial charge is 0.493 e. The summed E-state index contributed by atoms with van der Waals surface area (Å²) in [4.78, 5) is 0. The molecule has 1 aromatic heterocycles. The summed E-state index contributed by atoms with van der Waals surface area (Å²) in [5.41, 5.74) is 7.43. The maximum Gasteiger partial charge on any atom is 0.161 e. The van der Waals surface area contributed by atoms with E-state index in [-0.39, 0.29) is 0 Å². The summed E-state index contributed by atoms with van der Waals surface area (Å²) in [5.74, 6) is 1.41. The van der Waals surface area contributed by atoms with E-state index in [4.69, 9.17) is 15.2 Å². The second kappa shape index (κ2) is 7.64. The summed E-state index contributed by atoms with van der Waals surface area (Å²) in [6.07, 6.45) is 2.15. The fourth-order valence-corrected chi connectivity index (χ4v) is 2.06. The topological polar surface area (TPSA) is 75.2 Å². The summed E-state index contributed by atoms with van der Waals surface area (Å²) in [6, 6.07) is 7.56. The molecule has 21 heavy (non-hydrogen) atoms. The second-order valence-electron chi connectivity index (χ2n) is 4.70. The Bertz CT molecular complexity index is 569. The van der Waals surface area contributed by atoms with Gasteiger partial charge in [0.05, 0.1) is 7.11 Å². The average molecular weight is 290 g/mol. The van der Waals surface area contributed by atoms with E-state index in [1.165, 1.54) is 0 Å². The Kier molecular flexibility index (Phi) is 5.57. The molecule has 0 aliphatic carbocycles. The fourth-order valence-electron chi connectivity index (χ4n) is 2.06. The minimum absolute atomic E-state index is 0.358. The van der Waals surface area contributed by atoms with Crippen molar-refractivity contribution in [1.82, 2.24) is 15.0 Å². The summed E-state index contributed by atoms with van der Waals surface area (Å²) in [6.45, 7) is 3.71. The van der Waals surface area contributed by atoms with Crippen LogP contribution in [0.25, 0.3) is 0 Å². The Labute approximate surface area is 124 Å². The number of hydrogen-bond donors (Lipinski definition) is 1. The number of nitrogens with two attached hydrogens (primary N) is 1. The Morgan fingerprint density at radius 1 is 1.24 bits per heavy atom. The van der Waals surface area contributed by atoms with Gasteiger partial charge in [0, 0.05) is 13.1 Å². The predicted molar refractivity (Wildman–Crippen MR) is 80.1 cm³/mol. The average Bonchev–Trinajstić information content (AvgIpc) is 2.93. The third kappa shape index (κ3) is 3.72. The molecule has 1 heterocycles. The van der Waals surface area contributed by atoms with Gasteiger partial charge in [-0.25, -0.2) is 4.68 Å². The number of methoxy groups -OCH3 is 1. The van der Waals surface area contributed by atoms with E-state index in [1.807, 2.05) is 28.9 Å². The molecule has 2 N–H and O–H groups in total. The first-order valence-electron chi connectivity index (χ1n) is 7.17. The van der Waals surface area contributed by atoms with Gasteiger partial charge in [-0.2, -0.15) is 0 Å². The molecule has 114 valence electrons. The Hall–Kier alpha value is -2.08. The number of unbranched alkanes of at least 4 members (excludes halogenated alkanes) is 1. The predicted octanol–water partition coefficient (Wildman–Crippen LogP) is 2.12. The molecule has 0 bridgehead atoms. The van der Waals surface area contributed by atoms with Gasteiger partial charge in [-0.1, -0.05) is 30.7 Å². The van der Waals surface area contributed by atoms with Crippen LogP contribution in [0.2, 0.25) is 0 Å². The van der Waals surface area contributed by atoms with Crippen molar-refractivity contribution in [2.75, 3.05) is 7.11 Å². The molecule has 2 rings (SSSR count). The number of aryl methyl sites for hydroxylation is 1. The molecule has 0 atom stereocenters. The molecule has 6 heteroatoms. The Morgan fingerprint density at radius 3 is 2.67 bits per heavy atom. The Balaban J connectivity index is 2.12. The highest BCUT2D eigenvalue weighted by atomic mass is 16.5. The molecule has 0 aliphatic heterocycles. The second-order valence-corrected chi connectivity index (χ2v) is 4.70. The first-order valence-corrected chi connectivity index (χ1v) is 7.17. The number of hydrogen-bond acceptors (Lipinski definition) is 5. The molecule has 0 unspecified atom stereocenters. The van der Waals surface area contributed by atoms with E-state index in [9.17, 15) is 0 Å². The van der Waals surface area contributed by atoms with Crippen LogP contribution < -0.4 is 15.2 Å². The minimum Gasteiger partial charge on any atom is -0.493 e. The molecule has 0 aliphatic rings. The first kappa shape index (κ1) is 15.3. The molecule has 0 saturated heterocycles. The molecular weight excluding hydrogens is 268 g/mol. The van der Waals surface area contributed by atoms with Gasteiger partial charge in [0.2, 0.25) is 0 Å². The smallest absolute Gasteiger partial charge is 0.161 e. The van der Waals surface area contributed by atoms with Crippen LogP contribution in [0.1, 0.15) is 31.2 Å². The van der Waals surface area contributed by atoms with Crippen molar-refractivity contribution in [3.8, 4) is 11.5 Å². The van der Waals surface area contributed by atoms with Crippen LogP contribution in [-0.4, -0.2) is 22.1 Å². The number of benzene rings is 1. The van der Waals surface area contributed by atoms with E-state index < -0.39 is 0 Å².